The lowest BCUT2D eigenvalue weighted by Gasteiger charge is -2.39. The van der Waals surface area contributed by atoms with Crippen LogP contribution >= 0.6 is 0 Å². The molecule has 2 aromatic heterocycles. The maximum absolute atomic E-state index is 13.9. The molecule has 3 heterocycles. The van der Waals surface area contributed by atoms with E-state index in [-0.39, 0.29) is 22.8 Å². The van der Waals surface area contributed by atoms with E-state index >= 15 is 0 Å². The third-order valence-electron chi connectivity index (χ3n) is 6.69. The molecule has 1 amide bonds. The fourth-order valence-electron chi connectivity index (χ4n) is 5.84. The normalized spacial score (nSPS) is 24.4. The molecule has 31 heavy (non-hydrogen) atoms. The summed E-state index contributed by atoms with van der Waals surface area (Å²) >= 11 is 0. The van der Waals surface area contributed by atoms with Gasteiger partial charge in [0.15, 0.2) is 5.76 Å². The summed E-state index contributed by atoms with van der Waals surface area (Å²) in [4.78, 5) is 15.9. The number of rotatable bonds is 4. The van der Waals surface area contributed by atoms with Gasteiger partial charge in [0.05, 0.1) is 19.1 Å². The predicted octanol–water partition coefficient (Wildman–Crippen LogP) is 5.18. The van der Waals surface area contributed by atoms with Gasteiger partial charge in [-0.25, -0.2) is 4.68 Å². The number of benzene rings is 1. The monoisotopic (exact) mass is 419 g/mol. The van der Waals surface area contributed by atoms with E-state index in [2.05, 4.69) is 25.7 Å². The quantitative estimate of drug-likeness (QED) is 0.584. The van der Waals surface area contributed by atoms with Crippen molar-refractivity contribution in [2.45, 2.75) is 46.1 Å². The maximum atomic E-state index is 13.9. The Kier molecular flexibility index (Phi) is 4.50. The number of carbonyl (C=O) groups is 1. The van der Waals surface area contributed by atoms with E-state index in [9.17, 15) is 4.79 Å². The zero-order chi connectivity index (χ0) is 21.8. The predicted molar refractivity (Wildman–Crippen MR) is 118 cm³/mol. The van der Waals surface area contributed by atoms with Crippen LogP contribution in [0.4, 0.5) is 0 Å². The number of methoxy groups -OCH3 is 1. The number of hydrogen-bond acceptors (Lipinski definition) is 4. The summed E-state index contributed by atoms with van der Waals surface area (Å²) in [5, 5.41) is 4.74. The summed E-state index contributed by atoms with van der Waals surface area (Å²) in [5.74, 6) is 1.45. The van der Waals surface area contributed by atoms with Crippen molar-refractivity contribution in [3.05, 3.63) is 54.4 Å². The van der Waals surface area contributed by atoms with Gasteiger partial charge in [0, 0.05) is 18.7 Å². The number of carbonyl (C=O) groups excluding carboxylic acids is 1. The third-order valence-corrected chi connectivity index (χ3v) is 6.69. The van der Waals surface area contributed by atoms with Gasteiger partial charge in [-0.15, -0.1) is 0 Å². The summed E-state index contributed by atoms with van der Waals surface area (Å²) in [6.07, 6.45) is 4.88. The smallest absolute Gasteiger partial charge is 0.272 e. The molecule has 1 saturated carbocycles. The van der Waals surface area contributed by atoms with Crippen LogP contribution in [0.25, 0.3) is 17.1 Å². The molecule has 6 nitrogen and oxygen atoms in total. The lowest BCUT2D eigenvalue weighted by atomic mass is 9.65. The number of fused-ring (bicyclic) bond motifs is 2. The Bertz CT molecular complexity index is 1100. The average molecular weight is 420 g/mol. The second kappa shape index (κ2) is 7.01. The lowest BCUT2D eigenvalue weighted by molar-refractivity contribution is 0.0699. The number of amides is 1. The van der Waals surface area contributed by atoms with E-state index in [1.54, 1.807) is 18.1 Å². The van der Waals surface area contributed by atoms with Crippen molar-refractivity contribution in [3.8, 4) is 22.9 Å². The van der Waals surface area contributed by atoms with Gasteiger partial charge in [0.2, 0.25) is 0 Å². The summed E-state index contributed by atoms with van der Waals surface area (Å²) in [7, 11) is 1.64. The highest BCUT2D eigenvalue weighted by Crippen LogP contribution is 2.52. The van der Waals surface area contributed by atoms with Crippen molar-refractivity contribution in [2.75, 3.05) is 13.7 Å². The van der Waals surface area contributed by atoms with Gasteiger partial charge >= 0.3 is 0 Å². The Hall–Kier alpha value is -3.02. The van der Waals surface area contributed by atoms with Crippen LogP contribution in [-0.4, -0.2) is 40.3 Å². The lowest BCUT2D eigenvalue weighted by Crippen LogP contribution is -2.38. The largest absolute Gasteiger partial charge is 0.497 e. The Morgan fingerprint density at radius 3 is 2.61 bits per heavy atom. The molecule has 2 fully saturated rings. The highest BCUT2D eigenvalue weighted by molar-refractivity contribution is 5.94. The fourth-order valence-corrected chi connectivity index (χ4v) is 5.84. The van der Waals surface area contributed by atoms with Gasteiger partial charge in [-0.05, 0) is 66.5 Å². The van der Waals surface area contributed by atoms with Crippen LogP contribution in [0.1, 0.15) is 50.5 Å². The zero-order valence-electron chi connectivity index (χ0n) is 18.6. The molecule has 1 aliphatic heterocycles. The van der Waals surface area contributed by atoms with Crippen LogP contribution in [0.15, 0.2) is 53.1 Å². The summed E-state index contributed by atoms with van der Waals surface area (Å²) in [6.45, 7) is 7.76. The number of furan rings is 1. The molecule has 1 aromatic carbocycles. The Labute approximate surface area is 182 Å². The van der Waals surface area contributed by atoms with Crippen molar-refractivity contribution in [2.24, 2.45) is 10.8 Å². The highest BCUT2D eigenvalue weighted by Gasteiger charge is 2.51. The molecule has 5 rings (SSSR count). The van der Waals surface area contributed by atoms with E-state index in [1.807, 2.05) is 42.5 Å². The number of nitrogens with zero attached hydrogens (tertiary/aromatic N) is 3. The van der Waals surface area contributed by atoms with Crippen LogP contribution in [0.3, 0.4) is 0 Å². The number of aromatic nitrogens is 2. The van der Waals surface area contributed by atoms with Crippen molar-refractivity contribution in [1.82, 2.24) is 14.7 Å². The van der Waals surface area contributed by atoms with Crippen LogP contribution in [0, 0.1) is 10.8 Å². The van der Waals surface area contributed by atoms with Gasteiger partial charge in [-0.1, -0.05) is 20.8 Å². The van der Waals surface area contributed by atoms with Crippen molar-refractivity contribution >= 4 is 5.91 Å². The molecule has 1 aliphatic carbocycles. The molecule has 3 aromatic rings. The molecule has 0 spiro atoms. The van der Waals surface area contributed by atoms with Crippen molar-refractivity contribution in [3.63, 3.8) is 0 Å². The summed E-state index contributed by atoms with van der Waals surface area (Å²) < 4.78 is 12.6. The molecule has 2 bridgehead atoms. The van der Waals surface area contributed by atoms with Crippen molar-refractivity contribution < 1.29 is 13.9 Å². The molecule has 162 valence electrons. The first-order chi connectivity index (χ1) is 14.8. The fraction of sp³-hybridized carbons (Fsp3) is 0.440. The minimum Gasteiger partial charge on any atom is -0.497 e. The number of hydrogen-bond donors (Lipinski definition) is 0. The Morgan fingerprint density at radius 2 is 1.94 bits per heavy atom. The average Bonchev–Trinajstić information content (AvgIpc) is 3.44. The van der Waals surface area contributed by atoms with Crippen LogP contribution in [-0.2, 0) is 0 Å². The molecule has 0 unspecified atom stereocenters. The number of likely N-dealkylation sites (tertiary alicyclic amines) is 1. The molecule has 2 aliphatic rings. The third kappa shape index (κ3) is 3.54. The van der Waals surface area contributed by atoms with E-state index in [0.29, 0.717) is 17.1 Å². The number of ether oxygens (including phenoxy) is 1. The van der Waals surface area contributed by atoms with Gasteiger partial charge in [-0.3, -0.25) is 4.79 Å². The molecular weight excluding hydrogens is 390 g/mol. The van der Waals surface area contributed by atoms with Crippen LogP contribution in [0.5, 0.6) is 5.75 Å². The van der Waals surface area contributed by atoms with E-state index < -0.39 is 0 Å². The van der Waals surface area contributed by atoms with E-state index in [4.69, 9.17) is 14.3 Å². The first kappa shape index (κ1) is 19.9. The van der Waals surface area contributed by atoms with Gasteiger partial charge in [0.1, 0.15) is 17.1 Å². The van der Waals surface area contributed by atoms with Crippen LogP contribution < -0.4 is 4.74 Å². The molecule has 1 saturated heterocycles. The molecule has 2 atom stereocenters. The molecule has 6 heteroatoms. The van der Waals surface area contributed by atoms with E-state index in [1.165, 1.54) is 0 Å². The maximum Gasteiger partial charge on any atom is 0.272 e. The second-order valence-electron chi connectivity index (χ2n) is 10.1. The van der Waals surface area contributed by atoms with Gasteiger partial charge in [0.25, 0.3) is 5.91 Å². The standard InChI is InChI=1S/C25H29N3O3/c1-24(2)13-18-14-25(3,15-24)16-27(18)23(29)21-12-20(22-6-5-11-31-22)26-28(21)17-7-9-19(30-4)10-8-17/h5-12,18H,13-16H2,1-4H3/t18-,25-/m1/s1. The Balaban J connectivity index is 1.55. The molecular formula is C25H29N3O3. The molecule has 0 radical (unpaired) electrons. The highest BCUT2D eigenvalue weighted by atomic mass is 16.5. The molecule has 0 N–H and O–H groups in total. The summed E-state index contributed by atoms with van der Waals surface area (Å²) in [5.41, 5.74) is 2.46. The van der Waals surface area contributed by atoms with Crippen LogP contribution in [0.2, 0.25) is 0 Å². The summed E-state index contributed by atoms with van der Waals surface area (Å²) in [6, 6.07) is 13.4. The zero-order valence-corrected chi connectivity index (χ0v) is 18.6. The van der Waals surface area contributed by atoms with Crippen molar-refractivity contribution in [1.29, 1.82) is 0 Å². The Morgan fingerprint density at radius 1 is 1.16 bits per heavy atom. The topological polar surface area (TPSA) is 60.5 Å². The van der Waals surface area contributed by atoms with Gasteiger partial charge < -0.3 is 14.1 Å². The first-order valence-corrected chi connectivity index (χ1v) is 10.9. The second-order valence-corrected chi connectivity index (χ2v) is 10.1. The van der Waals surface area contributed by atoms with E-state index in [0.717, 1.165) is 37.2 Å². The first-order valence-electron chi connectivity index (χ1n) is 10.9. The minimum absolute atomic E-state index is 0.0348. The van der Waals surface area contributed by atoms with Gasteiger partial charge in [-0.2, -0.15) is 5.10 Å². The minimum atomic E-state index is 0.0348. The SMILES string of the molecule is COc1ccc(-n2nc(-c3ccco3)cc2C(=O)N2C[C@]3(C)C[C@H]2CC(C)(C)C3)cc1.